The molecule has 0 spiro atoms. The summed E-state index contributed by atoms with van der Waals surface area (Å²) in [6.07, 6.45) is 0. The molecule has 10 nitrogen and oxygen atoms in total. The fraction of sp³-hybridized carbons (Fsp3) is 0.211. The van der Waals surface area contributed by atoms with Gasteiger partial charge in [-0.15, -0.1) is 0 Å². The molecule has 0 aliphatic carbocycles. The maximum absolute atomic E-state index is 12.9. The molecule has 0 unspecified atom stereocenters. The van der Waals surface area contributed by atoms with Gasteiger partial charge in [-0.25, -0.2) is 8.42 Å². The zero-order chi connectivity index (χ0) is 22.9. The summed E-state index contributed by atoms with van der Waals surface area (Å²) in [4.78, 5) is 37.4. The van der Waals surface area contributed by atoms with Gasteiger partial charge in [-0.05, 0) is 36.4 Å². The van der Waals surface area contributed by atoms with Gasteiger partial charge in [-0.2, -0.15) is 0 Å². The SMILES string of the molecule is CN(C)C(=O)c1ccc(Cl)c(NS(=O)(=O)c2ccc3c(c2)N(CC(=O)O)C(=O)CO3)c1. The highest BCUT2D eigenvalue weighted by molar-refractivity contribution is 7.92. The van der Waals surface area contributed by atoms with E-state index in [4.69, 9.17) is 21.4 Å². The monoisotopic (exact) mass is 467 g/mol. The van der Waals surface area contributed by atoms with Crippen molar-refractivity contribution in [1.29, 1.82) is 0 Å². The van der Waals surface area contributed by atoms with Gasteiger partial charge in [0.1, 0.15) is 12.3 Å². The molecule has 2 aromatic carbocycles. The molecule has 0 bridgehead atoms. The van der Waals surface area contributed by atoms with Crippen LogP contribution in [0.15, 0.2) is 41.3 Å². The predicted octanol–water partition coefficient (Wildman–Crippen LogP) is 1.65. The summed E-state index contributed by atoms with van der Waals surface area (Å²) in [5, 5.41) is 9.13. The number of ether oxygens (including phenoxy) is 1. The molecule has 1 aliphatic heterocycles. The largest absolute Gasteiger partial charge is 0.482 e. The first-order valence-electron chi connectivity index (χ1n) is 8.82. The number of carbonyl (C=O) groups is 3. The van der Waals surface area contributed by atoms with E-state index in [0.717, 1.165) is 11.0 Å². The Morgan fingerprint density at radius 3 is 2.58 bits per heavy atom. The maximum atomic E-state index is 12.9. The molecule has 3 rings (SSSR count). The lowest BCUT2D eigenvalue weighted by Gasteiger charge is -2.28. The number of benzene rings is 2. The Morgan fingerprint density at radius 2 is 1.94 bits per heavy atom. The second-order valence-electron chi connectivity index (χ2n) is 6.79. The van der Waals surface area contributed by atoms with E-state index in [1.54, 1.807) is 14.1 Å². The molecule has 0 radical (unpaired) electrons. The lowest BCUT2D eigenvalue weighted by Crippen LogP contribution is -2.42. The number of sulfonamides is 1. The smallest absolute Gasteiger partial charge is 0.323 e. The molecule has 2 N–H and O–H groups in total. The van der Waals surface area contributed by atoms with Crippen molar-refractivity contribution in [2.24, 2.45) is 0 Å². The summed E-state index contributed by atoms with van der Waals surface area (Å²) in [6.45, 7) is -1.00. The first-order valence-corrected chi connectivity index (χ1v) is 10.7. The minimum atomic E-state index is -4.20. The van der Waals surface area contributed by atoms with Crippen molar-refractivity contribution < 1.29 is 32.6 Å². The first kappa shape index (κ1) is 22.4. The van der Waals surface area contributed by atoms with Crippen molar-refractivity contribution in [1.82, 2.24) is 4.90 Å². The van der Waals surface area contributed by atoms with Crippen LogP contribution in [0.25, 0.3) is 0 Å². The van der Waals surface area contributed by atoms with Crippen molar-refractivity contribution in [2.45, 2.75) is 4.90 Å². The molecular weight excluding hydrogens is 450 g/mol. The molecule has 0 saturated carbocycles. The summed E-state index contributed by atoms with van der Waals surface area (Å²) in [6, 6.07) is 7.89. The number of rotatable bonds is 6. The zero-order valence-corrected chi connectivity index (χ0v) is 18.0. The van der Waals surface area contributed by atoms with Gasteiger partial charge in [0.15, 0.2) is 6.61 Å². The number of amides is 2. The lowest BCUT2D eigenvalue weighted by atomic mass is 10.2. The zero-order valence-electron chi connectivity index (χ0n) is 16.5. The van der Waals surface area contributed by atoms with Crippen LogP contribution in [0, 0.1) is 0 Å². The summed E-state index contributed by atoms with van der Waals surface area (Å²) in [5.41, 5.74) is 0.232. The van der Waals surface area contributed by atoms with E-state index in [0.29, 0.717) is 0 Å². The van der Waals surface area contributed by atoms with Crippen LogP contribution >= 0.6 is 11.6 Å². The maximum Gasteiger partial charge on any atom is 0.323 e. The van der Waals surface area contributed by atoms with E-state index in [1.807, 2.05) is 0 Å². The van der Waals surface area contributed by atoms with Gasteiger partial charge in [0, 0.05) is 19.7 Å². The fourth-order valence-electron chi connectivity index (χ4n) is 2.86. The molecule has 0 atom stereocenters. The van der Waals surface area contributed by atoms with Crippen LogP contribution in [0.2, 0.25) is 5.02 Å². The predicted molar refractivity (Wildman–Crippen MR) is 112 cm³/mol. The molecule has 0 aromatic heterocycles. The summed E-state index contributed by atoms with van der Waals surface area (Å²) in [5.74, 6) is -2.04. The normalized spacial score (nSPS) is 13.3. The Bertz CT molecular complexity index is 1180. The van der Waals surface area contributed by atoms with E-state index in [1.165, 1.54) is 35.2 Å². The second-order valence-corrected chi connectivity index (χ2v) is 8.88. The van der Waals surface area contributed by atoms with Crippen LogP contribution in [0.4, 0.5) is 11.4 Å². The number of carboxylic acid groups (broad SMARTS) is 1. The molecule has 164 valence electrons. The van der Waals surface area contributed by atoms with Gasteiger partial charge in [-0.3, -0.25) is 24.0 Å². The van der Waals surface area contributed by atoms with Gasteiger partial charge < -0.3 is 14.7 Å². The Balaban J connectivity index is 1.98. The van der Waals surface area contributed by atoms with Gasteiger partial charge >= 0.3 is 5.97 Å². The van der Waals surface area contributed by atoms with Crippen molar-refractivity contribution in [3.05, 3.63) is 47.0 Å². The van der Waals surface area contributed by atoms with Gasteiger partial charge in [0.05, 0.1) is 21.3 Å². The molecule has 31 heavy (non-hydrogen) atoms. The minimum Gasteiger partial charge on any atom is -0.482 e. The lowest BCUT2D eigenvalue weighted by molar-refractivity contribution is -0.137. The molecule has 2 amide bonds. The highest BCUT2D eigenvalue weighted by atomic mass is 35.5. The third-order valence-electron chi connectivity index (χ3n) is 4.34. The van der Waals surface area contributed by atoms with Crippen molar-refractivity contribution >= 4 is 50.8 Å². The highest BCUT2D eigenvalue weighted by Crippen LogP contribution is 2.35. The highest BCUT2D eigenvalue weighted by Gasteiger charge is 2.29. The van der Waals surface area contributed by atoms with Gasteiger partial charge in [0.2, 0.25) is 0 Å². The standard InChI is InChI=1S/C19H18ClN3O7S/c1-22(2)19(27)11-3-5-13(20)14(7-11)21-31(28,29)12-4-6-16-15(8-12)23(9-18(25)26)17(24)10-30-16/h3-8,21H,9-10H2,1-2H3,(H,25,26). The number of aliphatic carboxylic acids is 1. The third kappa shape index (κ3) is 4.72. The number of carbonyl (C=O) groups excluding carboxylic acids is 2. The molecule has 0 fully saturated rings. The van der Waals surface area contributed by atoms with Crippen molar-refractivity contribution in [2.75, 3.05) is 36.9 Å². The number of fused-ring (bicyclic) bond motifs is 1. The van der Waals surface area contributed by atoms with E-state index in [-0.39, 0.29) is 45.1 Å². The molecule has 1 heterocycles. The first-order chi connectivity index (χ1) is 14.5. The van der Waals surface area contributed by atoms with Crippen LogP contribution in [0.1, 0.15) is 10.4 Å². The van der Waals surface area contributed by atoms with Crippen LogP contribution < -0.4 is 14.4 Å². The third-order valence-corrected chi connectivity index (χ3v) is 6.03. The number of anilines is 2. The Labute approximate surface area is 183 Å². The Hall–Kier alpha value is -3.31. The molecular formula is C19H18ClN3O7S. The number of carboxylic acids is 1. The minimum absolute atomic E-state index is 0.0122. The molecule has 0 saturated heterocycles. The molecule has 2 aromatic rings. The quantitative estimate of drug-likeness (QED) is 0.659. The van der Waals surface area contributed by atoms with Crippen molar-refractivity contribution in [3.8, 4) is 5.75 Å². The summed E-state index contributed by atoms with van der Waals surface area (Å²) < 4.78 is 33.5. The second kappa shape index (κ2) is 8.44. The molecule has 12 heteroatoms. The summed E-state index contributed by atoms with van der Waals surface area (Å²) in [7, 11) is -1.09. The van der Waals surface area contributed by atoms with Crippen molar-refractivity contribution in [3.63, 3.8) is 0 Å². The average Bonchev–Trinajstić information content (AvgIpc) is 2.70. The number of nitrogens with one attached hydrogen (secondary N) is 1. The number of hydrogen-bond donors (Lipinski definition) is 2. The van der Waals surface area contributed by atoms with E-state index < -0.39 is 28.4 Å². The number of nitrogens with zero attached hydrogens (tertiary/aromatic N) is 2. The van der Waals surface area contributed by atoms with Crippen LogP contribution in [0.3, 0.4) is 0 Å². The fourth-order valence-corrected chi connectivity index (χ4v) is 4.17. The summed E-state index contributed by atoms with van der Waals surface area (Å²) >= 11 is 6.10. The van der Waals surface area contributed by atoms with Crippen LogP contribution in [-0.2, 0) is 19.6 Å². The van der Waals surface area contributed by atoms with Gasteiger partial charge in [0.25, 0.3) is 21.8 Å². The Kier molecular flexibility index (Phi) is 6.09. The topological polar surface area (TPSA) is 133 Å². The van der Waals surface area contributed by atoms with Crippen LogP contribution in [-0.4, -0.2) is 63.5 Å². The Morgan fingerprint density at radius 1 is 1.23 bits per heavy atom. The molecule has 1 aliphatic rings. The number of hydrogen-bond acceptors (Lipinski definition) is 6. The number of halogens is 1. The van der Waals surface area contributed by atoms with E-state index in [2.05, 4.69) is 4.72 Å². The van der Waals surface area contributed by atoms with Crippen LogP contribution in [0.5, 0.6) is 5.75 Å². The van der Waals surface area contributed by atoms with Gasteiger partial charge in [-0.1, -0.05) is 11.6 Å². The average molecular weight is 468 g/mol. The van der Waals surface area contributed by atoms with E-state index >= 15 is 0 Å². The van der Waals surface area contributed by atoms with E-state index in [9.17, 15) is 22.8 Å².